The summed E-state index contributed by atoms with van der Waals surface area (Å²) >= 11 is 1.40. The first kappa shape index (κ1) is 18.4. The van der Waals surface area contributed by atoms with Crippen molar-refractivity contribution in [2.75, 3.05) is 5.32 Å². The summed E-state index contributed by atoms with van der Waals surface area (Å²) in [5, 5.41) is 12.2. The summed E-state index contributed by atoms with van der Waals surface area (Å²) < 4.78 is 6.03. The fraction of sp³-hybridized carbons (Fsp3) is 0.500. The van der Waals surface area contributed by atoms with Crippen LogP contribution in [0.1, 0.15) is 57.0 Å². The molecule has 1 N–H and O–H groups in total. The minimum absolute atomic E-state index is 0.185. The van der Waals surface area contributed by atoms with Gasteiger partial charge < -0.3 is 4.74 Å². The Bertz CT molecular complexity index is 672. The lowest BCUT2D eigenvalue weighted by Gasteiger charge is -2.20. The zero-order valence-corrected chi connectivity index (χ0v) is 15.5. The van der Waals surface area contributed by atoms with Crippen LogP contribution in [0.15, 0.2) is 24.3 Å². The van der Waals surface area contributed by atoms with E-state index in [9.17, 15) is 4.79 Å². The summed E-state index contributed by atoms with van der Waals surface area (Å²) in [6.07, 6.45) is 1.86. The topological polar surface area (TPSA) is 64.1 Å². The van der Waals surface area contributed by atoms with Gasteiger partial charge in [0, 0.05) is 0 Å². The lowest BCUT2D eigenvalue weighted by atomic mass is 9.98. The highest BCUT2D eigenvalue weighted by molar-refractivity contribution is 7.15. The van der Waals surface area contributed by atoms with E-state index in [0.29, 0.717) is 17.5 Å². The monoisotopic (exact) mass is 347 g/mol. The molecule has 0 spiro atoms. The maximum Gasteiger partial charge on any atom is 0.267 e. The van der Waals surface area contributed by atoms with Crippen molar-refractivity contribution in [1.29, 1.82) is 0 Å². The highest BCUT2D eigenvalue weighted by atomic mass is 32.1. The molecule has 0 fully saturated rings. The molecule has 0 bridgehead atoms. The van der Waals surface area contributed by atoms with Crippen molar-refractivity contribution in [2.24, 2.45) is 0 Å². The maximum absolute atomic E-state index is 12.5. The van der Waals surface area contributed by atoms with Crippen LogP contribution in [0.25, 0.3) is 0 Å². The Morgan fingerprint density at radius 2 is 1.96 bits per heavy atom. The number of carbonyl (C=O) groups excluding carboxylic acids is 1. The van der Waals surface area contributed by atoms with Gasteiger partial charge in [-0.1, -0.05) is 57.2 Å². The third-order valence-electron chi connectivity index (χ3n) is 3.99. The second kappa shape index (κ2) is 8.78. The molecule has 0 aliphatic heterocycles. The molecule has 0 radical (unpaired) electrons. The standard InChI is InChI=1S/C18H25N3O2S/c1-5-12(4)13-10-8-9-11-15(13)23-14(6-2)17(22)19-18-21-20-16(7-3)24-18/h8-12,14H,5-7H2,1-4H3,(H,19,21,22). The molecule has 2 atom stereocenters. The molecule has 0 saturated heterocycles. The highest BCUT2D eigenvalue weighted by Gasteiger charge is 2.22. The lowest BCUT2D eigenvalue weighted by Crippen LogP contribution is -2.32. The van der Waals surface area contributed by atoms with Gasteiger partial charge in [-0.3, -0.25) is 10.1 Å². The van der Waals surface area contributed by atoms with Gasteiger partial charge in [-0.15, -0.1) is 10.2 Å². The molecule has 1 aromatic carbocycles. The molecule has 2 rings (SSSR count). The summed E-state index contributed by atoms with van der Waals surface area (Å²) in [5.74, 6) is 0.979. The minimum atomic E-state index is -0.552. The summed E-state index contributed by atoms with van der Waals surface area (Å²) in [6.45, 7) is 8.26. The number of benzene rings is 1. The third-order valence-corrected chi connectivity index (χ3v) is 4.98. The van der Waals surface area contributed by atoms with E-state index < -0.39 is 6.10 Å². The quantitative estimate of drug-likeness (QED) is 0.768. The number of carbonyl (C=O) groups is 1. The van der Waals surface area contributed by atoms with E-state index in [4.69, 9.17) is 4.74 Å². The number of rotatable bonds is 8. The van der Waals surface area contributed by atoms with Crippen LogP contribution < -0.4 is 10.1 Å². The van der Waals surface area contributed by atoms with Gasteiger partial charge in [0.1, 0.15) is 10.8 Å². The fourth-order valence-electron chi connectivity index (χ4n) is 2.32. The lowest BCUT2D eigenvalue weighted by molar-refractivity contribution is -0.122. The third kappa shape index (κ3) is 4.54. The second-order valence-corrected chi connectivity index (χ2v) is 6.77. The van der Waals surface area contributed by atoms with Crippen LogP contribution in [0, 0.1) is 0 Å². The van der Waals surface area contributed by atoms with Crippen molar-refractivity contribution in [3.05, 3.63) is 34.8 Å². The Morgan fingerprint density at radius 1 is 1.21 bits per heavy atom. The predicted molar refractivity (Wildman–Crippen MR) is 97.8 cm³/mol. The summed E-state index contributed by atoms with van der Waals surface area (Å²) in [6, 6.07) is 7.93. The number of anilines is 1. The average molecular weight is 347 g/mol. The van der Waals surface area contributed by atoms with Crippen molar-refractivity contribution >= 4 is 22.4 Å². The Morgan fingerprint density at radius 3 is 2.58 bits per heavy atom. The van der Waals surface area contributed by atoms with Crippen molar-refractivity contribution in [2.45, 2.75) is 59.0 Å². The van der Waals surface area contributed by atoms with Crippen LogP contribution in [-0.2, 0) is 11.2 Å². The molecule has 1 aromatic heterocycles. The van der Waals surface area contributed by atoms with E-state index in [-0.39, 0.29) is 5.91 Å². The van der Waals surface area contributed by atoms with Gasteiger partial charge in [-0.2, -0.15) is 0 Å². The molecule has 130 valence electrons. The van der Waals surface area contributed by atoms with E-state index in [0.717, 1.165) is 29.2 Å². The Hall–Kier alpha value is -1.95. The normalized spacial score (nSPS) is 13.3. The number of aryl methyl sites for hydroxylation is 1. The van der Waals surface area contributed by atoms with Gasteiger partial charge in [0.25, 0.3) is 5.91 Å². The molecular formula is C18H25N3O2S. The highest BCUT2D eigenvalue weighted by Crippen LogP contribution is 2.29. The molecule has 6 heteroatoms. The molecule has 0 aliphatic rings. The molecular weight excluding hydrogens is 322 g/mol. The number of ether oxygens (including phenoxy) is 1. The predicted octanol–water partition coefficient (Wildman–Crippen LogP) is 4.41. The van der Waals surface area contributed by atoms with Gasteiger partial charge in [-0.05, 0) is 36.8 Å². The van der Waals surface area contributed by atoms with Crippen molar-refractivity contribution in [3.63, 3.8) is 0 Å². The Balaban J connectivity index is 2.10. The molecule has 2 unspecified atom stereocenters. The number of nitrogens with one attached hydrogen (secondary N) is 1. The van der Waals surface area contributed by atoms with Gasteiger partial charge in [0.15, 0.2) is 6.10 Å². The number of hydrogen-bond acceptors (Lipinski definition) is 5. The Kier molecular flexibility index (Phi) is 6.73. The molecule has 2 aromatic rings. The summed E-state index contributed by atoms with van der Waals surface area (Å²) in [4.78, 5) is 12.5. The smallest absolute Gasteiger partial charge is 0.267 e. The van der Waals surface area contributed by atoms with Crippen molar-refractivity contribution in [1.82, 2.24) is 10.2 Å². The van der Waals surface area contributed by atoms with Gasteiger partial charge >= 0.3 is 0 Å². The van der Waals surface area contributed by atoms with Crippen LogP contribution in [-0.4, -0.2) is 22.2 Å². The first-order chi connectivity index (χ1) is 11.6. The number of nitrogens with zero attached hydrogens (tertiary/aromatic N) is 2. The van der Waals surface area contributed by atoms with Gasteiger partial charge in [0.2, 0.25) is 5.13 Å². The minimum Gasteiger partial charge on any atom is -0.480 e. The molecule has 5 nitrogen and oxygen atoms in total. The van der Waals surface area contributed by atoms with E-state index >= 15 is 0 Å². The van der Waals surface area contributed by atoms with E-state index in [1.54, 1.807) is 0 Å². The van der Waals surface area contributed by atoms with Gasteiger partial charge in [-0.25, -0.2) is 0 Å². The van der Waals surface area contributed by atoms with Crippen LogP contribution in [0.3, 0.4) is 0 Å². The zero-order valence-electron chi connectivity index (χ0n) is 14.7. The molecule has 24 heavy (non-hydrogen) atoms. The zero-order chi connectivity index (χ0) is 17.5. The molecule has 0 saturated carbocycles. The summed E-state index contributed by atoms with van der Waals surface area (Å²) in [7, 11) is 0. The van der Waals surface area contributed by atoms with Crippen LogP contribution >= 0.6 is 11.3 Å². The van der Waals surface area contributed by atoms with E-state index in [1.807, 2.05) is 32.0 Å². The molecule has 1 heterocycles. The van der Waals surface area contributed by atoms with Crippen LogP contribution in [0.4, 0.5) is 5.13 Å². The van der Waals surface area contributed by atoms with Crippen molar-refractivity contribution in [3.8, 4) is 5.75 Å². The van der Waals surface area contributed by atoms with E-state index in [1.165, 1.54) is 11.3 Å². The molecule has 1 amide bonds. The van der Waals surface area contributed by atoms with E-state index in [2.05, 4.69) is 35.4 Å². The first-order valence-corrected chi connectivity index (χ1v) is 9.29. The summed E-state index contributed by atoms with van der Waals surface area (Å²) in [5.41, 5.74) is 1.13. The maximum atomic E-state index is 12.5. The number of para-hydroxylation sites is 1. The average Bonchev–Trinajstić information content (AvgIpc) is 3.06. The number of amides is 1. The number of aromatic nitrogens is 2. The fourth-order valence-corrected chi connectivity index (χ4v) is 3.01. The van der Waals surface area contributed by atoms with Crippen LogP contribution in [0.5, 0.6) is 5.75 Å². The van der Waals surface area contributed by atoms with Gasteiger partial charge in [0.05, 0.1) is 0 Å². The Labute approximate surface area is 147 Å². The van der Waals surface area contributed by atoms with Crippen molar-refractivity contribution < 1.29 is 9.53 Å². The molecule has 0 aliphatic carbocycles. The largest absolute Gasteiger partial charge is 0.480 e. The van der Waals surface area contributed by atoms with Crippen LogP contribution in [0.2, 0.25) is 0 Å². The number of hydrogen-bond donors (Lipinski definition) is 1. The SMILES string of the molecule is CCc1nnc(NC(=O)C(CC)Oc2ccccc2C(C)CC)s1. The first-order valence-electron chi connectivity index (χ1n) is 8.47. The second-order valence-electron chi connectivity index (χ2n) is 5.71.